The summed E-state index contributed by atoms with van der Waals surface area (Å²) in [6.45, 7) is 0.944. The topological polar surface area (TPSA) is 52.5 Å². The second kappa shape index (κ2) is 5.06. The molecule has 2 aromatic rings. The molecule has 2 aliphatic rings. The van der Waals surface area contributed by atoms with E-state index in [9.17, 15) is 10.2 Å². The Labute approximate surface area is 132 Å². The van der Waals surface area contributed by atoms with Gasteiger partial charge in [0.25, 0.3) is 0 Å². The zero-order chi connectivity index (χ0) is 13.0. The highest BCUT2D eigenvalue weighted by Crippen LogP contribution is 2.45. The number of hydrogen-bond donors (Lipinski definition) is 3. The number of fused-ring (bicyclic) bond motifs is 5. The standard InChI is InChI=1S/C15H15NO2S.BrH/c17-12-5-8-1-2-11-14(10(8)6-13(12)18)15-9(7-16-11)3-4-19-15;/h3-6,11,14,16-18H,1-2,7H2;1H/t11-,14+;/m1./s1. The molecule has 0 amide bonds. The zero-order valence-electron chi connectivity index (χ0n) is 10.8. The Balaban J connectivity index is 0.00000121. The highest BCUT2D eigenvalue weighted by atomic mass is 79.9. The molecule has 20 heavy (non-hydrogen) atoms. The monoisotopic (exact) mass is 353 g/mol. The van der Waals surface area contributed by atoms with Crippen LogP contribution in [-0.4, -0.2) is 16.3 Å². The largest absolute Gasteiger partial charge is 0.504 e. The Morgan fingerprint density at radius 1 is 1.15 bits per heavy atom. The highest BCUT2D eigenvalue weighted by Gasteiger charge is 2.36. The van der Waals surface area contributed by atoms with Gasteiger partial charge in [0.1, 0.15) is 0 Å². The van der Waals surface area contributed by atoms with E-state index in [1.54, 1.807) is 23.5 Å². The Morgan fingerprint density at radius 2 is 1.95 bits per heavy atom. The molecule has 2 heterocycles. The first-order valence-corrected chi connectivity index (χ1v) is 7.46. The number of rotatable bonds is 0. The summed E-state index contributed by atoms with van der Waals surface area (Å²) in [4.78, 5) is 1.41. The van der Waals surface area contributed by atoms with Crippen molar-refractivity contribution in [2.45, 2.75) is 31.3 Å². The highest BCUT2D eigenvalue weighted by molar-refractivity contribution is 8.93. The summed E-state index contributed by atoms with van der Waals surface area (Å²) in [7, 11) is 0. The van der Waals surface area contributed by atoms with Crippen molar-refractivity contribution >= 4 is 28.3 Å². The fourth-order valence-corrected chi connectivity index (χ4v) is 4.50. The summed E-state index contributed by atoms with van der Waals surface area (Å²) in [5.74, 6) is 0.300. The Morgan fingerprint density at radius 3 is 2.80 bits per heavy atom. The summed E-state index contributed by atoms with van der Waals surface area (Å²) >= 11 is 1.80. The van der Waals surface area contributed by atoms with Crippen molar-refractivity contribution in [2.24, 2.45) is 0 Å². The molecule has 0 spiro atoms. The summed E-state index contributed by atoms with van der Waals surface area (Å²) in [6, 6.07) is 6.10. The summed E-state index contributed by atoms with van der Waals surface area (Å²) in [5, 5.41) is 25.2. The quantitative estimate of drug-likeness (QED) is 0.637. The minimum atomic E-state index is -0.0110. The van der Waals surface area contributed by atoms with Crippen LogP contribution in [0.1, 0.15) is 33.9 Å². The van der Waals surface area contributed by atoms with Gasteiger partial charge in [0.15, 0.2) is 11.5 Å². The molecule has 1 aromatic heterocycles. The van der Waals surface area contributed by atoms with Crippen molar-refractivity contribution in [1.82, 2.24) is 5.32 Å². The van der Waals surface area contributed by atoms with Crippen LogP contribution in [0.25, 0.3) is 0 Å². The Bertz CT molecular complexity index is 655. The molecule has 1 aliphatic heterocycles. The molecule has 2 atom stereocenters. The van der Waals surface area contributed by atoms with Gasteiger partial charge in [-0.3, -0.25) is 0 Å². The number of phenolic OH excluding ortho intramolecular Hbond substituents is 2. The molecule has 1 aromatic carbocycles. The maximum atomic E-state index is 9.80. The van der Waals surface area contributed by atoms with Crippen LogP contribution in [0.4, 0.5) is 0 Å². The minimum absolute atomic E-state index is 0. The number of halogens is 1. The van der Waals surface area contributed by atoms with Gasteiger partial charge in [-0.15, -0.1) is 28.3 Å². The maximum Gasteiger partial charge on any atom is 0.157 e. The van der Waals surface area contributed by atoms with E-state index in [0.29, 0.717) is 12.0 Å². The van der Waals surface area contributed by atoms with E-state index in [2.05, 4.69) is 16.8 Å². The van der Waals surface area contributed by atoms with Crippen LogP contribution in [-0.2, 0) is 13.0 Å². The molecule has 1 aliphatic carbocycles. The molecule has 0 saturated heterocycles. The van der Waals surface area contributed by atoms with E-state index in [0.717, 1.165) is 19.4 Å². The fraction of sp³-hybridized carbons (Fsp3) is 0.333. The summed E-state index contributed by atoms with van der Waals surface area (Å²) in [6.07, 6.45) is 2.04. The first-order chi connectivity index (χ1) is 9.24. The molecule has 0 radical (unpaired) electrons. The van der Waals surface area contributed by atoms with Crippen molar-refractivity contribution in [3.8, 4) is 11.5 Å². The predicted molar refractivity (Wildman–Crippen MR) is 85.2 cm³/mol. The van der Waals surface area contributed by atoms with Gasteiger partial charge >= 0.3 is 0 Å². The van der Waals surface area contributed by atoms with Crippen LogP contribution in [0.5, 0.6) is 11.5 Å². The van der Waals surface area contributed by atoms with Crippen LogP contribution in [0, 0.1) is 0 Å². The van der Waals surface area contributed by atoms with Crippen LogP contribution in [0.2, 0.25) is 0 Å². The van der Waals surface area contributed by atoms with Gasteiger partial charge in [-0.05, 0) is 53.1 Å². The summed E-state index contributed by atoms with van der Waals surface area (Å²) in [5.41, 5.74) is 3.70. The number of aryl methyl sites for hydroxylation is 1. The molecule has 0 unspecified atom stereocenters. The molecule has 3 nitrogen and oxygen atoms in total. The SMILES string of the molecule is Br.Oc1cc2c(cc1O)[C@@H]1c3sccc3CN[C@@H]1CC2. The van der Waals surface area contributed by atoms with Gasteiger partial charge in [0, 0.05) is 23.4 Å². The molecule has 3 N–H and O–H groups in total. The fourth-order valence-electron chi connectivity index (χ4n) is 3.39. The van der Waals surface area contributed by atoms with Gasteiger partial charge in [0.2, 0.25) is 0 Å². The molecule has 0 fully saturated rings. The van der Waals surface area contributed by atoms with Gasteiger partial charge in [-0.25, -0.2) is 0 Å². The Hall–Kier alpha value is -1.04. The third kappa shape index (κ3) is 1.96. The van der Waals surface area contributed by atoms with E-state index in [-0.39, 0.29) is 28.5 Å². The van der Waals surface area contributed by atoms with Crippen LogP contribution >= 0.6 is 28.3 Å². The van der Waals surface area contributed by atoms with Gasteiger partial charge in [0.05, 0.1) is 0 Å². The number of thiophene rings is 1. The smallest absolute Gasteiger partial charge is 0.157 e. The van der Waals surface area contributed by atoms with Crippen LogP contribution in [0.3, 0.4) is 0 Å². The average molecular weight is 354 g/mol. The molecule has 5 heteroatoms. The normalized spacial score (nSPS) is 23.2. The third-order valence-corrected chi connectivity index (χ3v) is 5.36. The number of benzene rings is 1. The molecule has 106 valence electrons. The van der Waals surface area contributed by atoms with Crippen molar-refractivity contribution in [1.29, 1.82) is 0 Å². The van der Waals surface area contributed by atoms with E-state index in [1.807, 2.05) is 0 Å². The van der Waals surface area contributed by atoms with Crippen molar-refractivity contribution in [3.05, 3.63) is 45.1 Å². The lowest BCUT2D eigenvalue weighted by Crippen LogP contribution is -2.41. The Kier molecular flexibility index (Phi) is 3.52. The number of aromatic hydroxyl groups is 2. The number of hydrogen-bond acceptors (Lipinski definition) is 4. The zero-order valence-corrected chi connectivity index (χ0v) is 13.3. The van der Waals surface area contributed by atoms with E-state index in [4.69, 9.17) is 0 Å². The molecule has 0 bridgehead atoms. The van der Waals surface area contributed by atoms with E-state index < -0.39 is 0 Å². The minimum Gasteiger partial charge on any atom is -0.504 e. The van der Waals surface area contributed by atoms with Gasteiger partial charge in [-0.2, -0.15) is 0 Å². The summed E-state index contributed by atoms with van der Waals surface area (Å²) < 4.78 is 0. The number of nitrogens with one attached hydrogen (secondary N) is 1. The lowest BCUT2D eigenvalue weighted by molar-refractivity contribution is 0.383. The molecule has 0 saturated carbocycles. The third-order valence-electron chi connectivity index (χ3n) is 4.32. The van der Waals surface area contributed by atoms with Crippen molar-refractivity contribution in [3.63, 3.8) is 0 Å². The average Bonchev–Trinajstić information content (AvgIpc) is 2.88. The maximum absolute atomic E-state index is 9.80. The van der Waals surface area contributed by atoms with Crippen molar-refractivity contribution < 1.29 is 10.2 Å². The van der Waals surface area contributed by atoms with Crippen LogP contribution in [0.15, 0.2) is 23.6 Å². The van der Waals surface area contributed by atoms with Gasteiger partial charge < -0.3 is 15.5 Å². The molecular weight excluding hydrogens is 338 g/mol. The van der Waals surface area contributed by atoms with Crippen molar-refractivity contribution in [2.75, 3.05) is 0 Å². The predicted octanol–water partition coefficient (Wildman–Crippen LogP) is 3.29. The second-order valence-electron chi connectivity index (χ2n) is 5.35. The molecule has 4 rings (SSSR count). The number of phenols is 2. The van der Waals surface area contributed by atoms with Gasteiger partial charge in [-0.1, -0.05) is 0 Å². The van der Waals surface area contributed by atoms with E-state index in [1.165, 1.54) is 21.6 Å². The second-order valence-corrected chi connectivity index (χ2v) is 6.30. The van der Waals surface area contributed by atoms with E-state index >= 15 is 0 Å². The van der Waals surface area contributed by atoms with Crippen LogP contribution < -0.4 is 5.32 Å². The molecular formula is C15H16BrNO2S. The first-order valence-electron chi connectivity index (χ1n) is 6.58. The first kappa shape index (κ1) is 13.9. The lowest BCUT2D eigenvalue weighted by atomic mass is 9.75. The lowest BCUT2D eigenvalue weighted by Gasteiger charge is -2.38.